The van der Waals surface area contributed by atoms with Crippen LogP contribution in [0.4, 0.5) is 0 Å². The van der Waals surface area contributed by atoms with Gasteiger partial charge in [-0.1, -0.05) is 66.7 Å². The summed E-state index contributed by atoms with van der Waals surface area (Å²) in [5.41, 5.74) is 6.31. The third kappa shape index (κ3) is 4.80. The third-order valence-electron chi connectivity index (χ3n) is 5.61. The van der Waals surface area contributed by atoms with Crippen LogP contribution in [0.25, 0.3) is 28.2 Å². The van der Waals surface area contributed by atoms with Crippen molar-refractivity contribution in [3.8, 4) is 34.0 Å². The number of ketones is 1. The van der Waals surface area contributed by atoms with Crippen molar-refractivity contribution < 1.29 is 9.53 Å². The number of Topliss-reactive ketones (excluding diaryl/α,β-unsaturated/α-hetero) is 1. The van der Waals surface area contributed by atoms with Crippen molar-refractivity contribution in [1.82, 2.24) is 9.78 Å². The van der Waals surface area contributed by atoms with Gasteiger partial charge in [-0.15, -0.1) is 0 Å². The van der Waals surface area contributed by atoms with Gasteiger partial charge in [-0.25, -0.2) is 4.68 Å². The van der Waals surface area contributed by atoms with Crippen molar-refractivity contribution >= 4 is 5.78 Å². The zero-order valence-electron chi connectivity index (χ0n) is 18.6. The lowest BCUT2D eigenvalue weighted by atomic mass is 9.98. The molecule has 0 atom stereocenters. The Balaban J connectivity index is 1.77. The summed E-state index contributed by atoms with van der Waals surface area (Å²) in [6.07, 6.45) is 3.46. The van der Waals surface area contributed by atoms with Gasteiger partial charge >= 0.3 is 0 Å². The Labute approximate surface area is 189 Å². The molecule has 0 aliphatic rings. The molecule has 0 saturated heterocycles. The average molecular weight is 425 g/mol. The lowest BCUT2D eigenvalue weighted by molar-refractivity contribution is -0.117. The second-order valence-corrected chi connectivity index (χ2v) is 7.93. The molecule has 0 amide bonds. The molecule has 0 aliphatic heterocycles. The lowest BCUT2D eigenvalue weighted by Crippen LogP contribution is -2.02. The Morgan fingerprint density at radius 1 is 0.906 bits per heavy atom. The molecule has 0 aliphatic carbocycles. The van der Waals surface area contributed by atoms with Crippen LogP contribution in [-0.4, -0.2) is 22.7 Å². The topological polar surface area (TPSA) is 44.1 Å². The van der Waals surface area contributed by atoms with Crippen LogP contribution in [0, 0.1) is 0 Å². The number of nitrogens with zero attached hydrogens (tertiary/aromatic N) is 2. The number of ether oxygens (including phenoxy) is 1. The maximum Gasteiger partial charge on any atom is 0.144 e. The maximum atomic E-state index is 11.3. The van der Waals surface area contributed by atoms with Gasteiger partial charge in [0.05, 0.1) is 18.5 Å². The molecule has 3 aromatic carbocycles. The van der Waals surface area contributed by atoms with Crippen molar-refractivity contribution in [1.29, 1.82) is 0 Å². The minimum Gasteiger partial charge on any atom is -0.494 e. The van der Waals surface area contributed by atoms with E-state index in [2.05, 4.69) is 42.5 Å². The standard InChI is InChI=1S/C28H28N2O2/c1-21(31)12-6-7-13-22-14-8-9-17-24(22)25-20-27(23-15-4-3-5-16-23)30(29-25)26-18-10-11-19-28(26)32-2/h3-5,8-11,14-20H,6-7,12-13H2,1-2H3. The first kappa shape index (κ1) is 21.6. The number of rotatable bonds is 9. The highest BCUT2D eigenvalue weighted by Crippen LogP contribution is 2.33. The highest BCUT2D eigenvalue weighted by atomic mass is 16.5. The van der Waals surface area contributed by atoms with Crippen LogP contribution in [0.15, 0.2) is 84.9 Å². The fourth-order valence-corrected chi connectivity index (χ4v) is 3.99. The second kappa shape index (κ2) is 10.1. The highest BCUT2D eigenvalue weighted by molar-refractivity contribution is 5.75. The molecule has 1 aromatic heterocycles. The van der Waals surface area contributed by atoms with E-state index in [1.54, 1.807) is 14.0 Å². The summed E-state index contributed by atoms with van der Waals surface area (Å²) < 4.78 is 7.59. The van der Waals surface area contributed by atoms with E-state index in [4.69, 9.17) is 9.84 Å². The molecule has 0 spiro atoms. The molecular formula is C28H28N2O2. The molecule has 0 bridgehead atoms. The van der Waals surface area contributed by atoms with Gasteiger partial charge in [0, 0.05) is 17.5 Å². The van der Waals surface area contributed by atoms with E-state index in [0.29, 0.717) is 6.42 Å². The summed E-state index contributed by atoms with van der Waals surface area (Å²) in [5, 5.41) is 5.04. The molecule has 0 radical (unpaired) electrons. The van der Waals surface area contributed by atoms with Gasteiger partial charge in [0.2, 0.25) is 0 Å². The number of carbonyl (C=O) groups is 1. The Bertz CT molecular complexity index is 1200. The number of carbonyl (C=O) groups excluding carboxylic acids is 1. The largest absolute Gasteiger partial charge is 0.494 e. The number of unbranched alkanes of at least 4 members (excludes halogenated alkanes) is 1. The minimum atomic E-state index is 0.251. The quantitative estimate of drug-likeness (QED) is 0.287. The fraction of sp³-hybridized carbons (Fsp3) is 0.214. The monoisotopic (exact) mass is 424 g/mol. The Hall–Kier alpha value is -3.66. The van der Waals surface area contributed by atoms with Crippen LogP contribution in [0.5, 0.6) is 5.75 Å². The number of aryl methyl sites for hydroxylation is 1. The van der Waals surface area contributed by atoms with Gasteiger partial charge in [0.25, 0.3) is 0 Å². The van der Waals surface area contributed by atoms with E-state index < -0.39 is 0 Å². The normalized spacial score (nSPS) is 10.8. The van der Waals surface area contributed by atoms with Crippen molar-refractivity contribution in [2.75, 3.05) is 7.11 Å². The lowest BCUT2D eigenvalue weighted by Gasteiger charge is -2.11. The molecule has 0 fully saturated rings. The third-order valence-corrected chi connectivity index (χ3v) is 5.61. The fourth-order valence-electron chi connectivity index (χ4n) is 3.99. The van der Waals surface area contributed by atoms with Crippen LogP contribution in [-0.2, 0) is 11.2 Å². The zero-order valence-corrected chi connectivity index (χ0v) is 18.6. The smallest absolute Gasteiger partial charge is 0.144 e. The molecule has 0 N–H and O–H groups in total. The Morgan fingerprint density at radius 3 is 2.41 bits per heavy atom. The predicted octanol–water partition coefficient (Wildman–Crippen LogP) is 6.52. The van der Waals surface area contributed by atoms with E-state index >= 15 is 0 Å². The number of benzene rings is 3. The van der Waals surface area contributed by atoms with Crippen LogP contribution in [0.3, 0.4) is 0 Å². The van der Waals surface area contributed by atoms with Gasteiger partial charge < -0.3 is 9.53 Å². The zero-order chi connectivity index (χ0) is 22.3. The molecule has 162 valence electrons. The van der Waals surface area contributed by atoms with Gasteiger partial charge in [0.15, 0.2) is 0 Å². The van der Waals surface area contributed by atoms with Gasteiger partial charge in [-0.05, 0) is 49.9 Å². The Kier molecular flexibility index (Phi) is 6.81. The molecule has 0 saturated carbocycles. The van der Waals surface area contributed by atoms with E-state index in [-0.39, 0.29) is 5.78 Å². The highest BCUT2D eigenvalue weighted by Gasteiger charge is 2.17. The predicted molar refractivity (Wildman–Crippen MR) is 129 cm³/mol. The number of hydrogen-bond donors (Lipinski definition) is 0. The molecule has 4 rings (SSSR count). The molecule has 0 unspecified atom stereocenters. The van der Waals surface area contributed by atoms with Crippen LogP contribution in [0.2, 0.25) is 0 Å². The number of hydrogen-bond acceptors (Lipinski definition) is 3. The summed E-state index contributed by atoms with van der Waals surface area (Å²) in [7, 11) is 1.68. The number of para-hydroxylation sites is 2. The molecule has 1 heterocycles. The van der Waals surface area contributed by atoms with Gasteiger partial charge in [-0.3, -0.25) is 0 Å². The van der Waals surface area contributed by atoms with Crippen molar-refractivity contribution in [2.45, 2.75) is 32.6 Å². The first-order valence-electron chi connectivity index (χ1n) is 11.0. The van der Waals surface area contributed by atoms with E-state index in [1.165, 1.54) is 5.56 Å². The number of methoxy groups -OCH3 is 1. The summed E-state index contributed by atoms with van der Waals surface area (Å²) in [4.78, 5) is 11.3. The average Bonchev–Trinajstić information content (AvgIpc) is 3.27. The Morgan fingerprint density at radius 2 is 1.62 bits per heavy atom. The van der Waals surface area contributed by atoms with E-state index in [1.807, 2.05) is 47.1 Å². The van der Waals surface area contributed by atoms with Crippen molar-refractivity contribution in [3.05, 3.63) is 90.5 Å². The van der Waals surface area contributed by atoms with Crippen molar-refractivity contribution in [3.63, 3.8) is 0 Å². The van der Waals surface area contributed by atoms with Crippen LogP contribution >= 0.6 is 0 Å². The summed E-state index contributed by atoms with van der Waals surface area (Å²) in [5.74, 6) is 1.03. The molecule has 32 heavy (non-hydrogen) atoms. The second-order valence-electron chi connectivity index (χ2n) is 7.93. The van der Waals surface area contributed by atoms with Gasteiger partial charge in [-0.2, -0.15) is 5.10 Å². The van der Waals surface area contributed by atoms with Gasteiger partial charge in [0.1, 0.15) is 17.2 Å². The molecule has 4 aromatic rings. The molecular weight excluding hydrogens is 396 g/mol. The first-order valence-corrected chi connectivity index (χ1v) is 11.0. The van der Waals surface area contributed by atoms with E-state index in [9.17, 15) is 4.79 Å². The van der Waals surface area contributed by atoms with Crippen LogP contribution in [0.1, 0.15) is 31.7 Å². The van der Waals surface area contributed by atoms with Crippen molar-refractivity contribution in [2.24, 2.45) is 0 Å². The minimum absolute atomic E-state index is 0.251. The molecule has 4 heteroatoms. The van der Waals surface area contributed by atoms with E-state index in [0.717, 1.165) is 53.2 Å². The SMILES string of the molecule is COc1ccccc1-n1nc(-c2ccccc2CCCCC(C)=O)cc1-c1ccccc1. The summed E-state index contributed by atoms with van der Waals surface area (Å²) >= 11 is 0. The summed E-state index contributed by atoms with van der Waals surface area (Å²) in [6.45, 7) is 1.66. The molecule has 4 nitrogen and oxygen atoms in total. The maximum absolute atomic E-state index is 11.3. The summed E-state index contributed by atoms with van der Waals surface area (Å²) in [6, 6.07) is 28.8. The van der Waals surface area contributed by atoms with Crippen LogP contribution < -0.4 is 4.74 Å². The number of aromatic nitrogens is 2. The first-order chi connectivity index (χ1) is 15.7.